The van der Waals surface area contributed by atoms with Crippen molar-refractivity contribution in [2.45, 2.75) is 11.3 Å². The average Bonchev–Trinajstić information content (AvgIpc) is 3.86. The molecule has 0 spiro atoms. The zero-order chi connectivity index (χ0) is 41.7. The van der Waals surface area contributed by atoms with Gasteiger partial charge in [0, 0.05) is 23.0 Å². The van der Waals surface area contributed by atoms with Crippen molar-refractivity contribution in [1.29, 1.82) is 0 Å². The Morgan fingerprint density at radius 3 is 1.30 bits per heavy atom. The Kier molecular flexibility index (Phi) is 8.86. The highest BCUT2D eigenvalue weighted by Gasteiger charge is 2.46. The monoisotopic (exact) mass is 801 g/mol. The maximum absolute atomic E-state index is 2.45. The second-order valence-electron chi connectivity index (χ2n) is 16.8. The van der Waals surface area contributed by atoms with E-state index in [2.05, 4.69) is 260 Å². The molecule has 0 aliphatic heterocycles. The van der Waals surface area contributed by atoms with E-state index in [1.54, 1.807) is 0 Å². The second-order valence-corrected chi connectivity index (χ2v) is 16.8. The van der Waals surface area contributed by atoms with Crippen molar-refractivity contribution < 1.29 is 0 Å². The molecule has 0 N–H and O–H groups in total. The van der Waals surface area contributed by atoms with Crippen LogP contribution in [0.25, 0.3) is 44.5 Å². The van der Waals surface area contributed by atoms with Crippen molar-refractivity contribution in [2.24, 2.45) is 0 Å². The van der Waals surface area contributed by atoms with Crippen LogP contribution in [0.1, 0.15) is 44.9 Å². The number of anilines is 3. The van der Waals surface area contributed by atoms with Crippen LogP contribution in [0.5, 0.6) is 0 Å². The van der Waals surface area contributed by atoms with Crippen molar-refractivity contribution in [3.63, 3.8) is 0 Å². The largest absolute Gasteiger partial charge is 0.310 e. The zero-order valence-corrected chi connectivity index (χ0v) is 34.8. The summed E-state index contributed by atoms with van der Waals surface area (Å²) in [6, 6.07) is 94.0. The lowest BCUT2D eigenvalue weighted by atomic mass is 9.67. The molecule has 0 heterocycles. The molecule has 0 bridgehead atoms. The van der Waals surface area contributed by atoms with Gasteiger partial charge in [0.25, 0.3) is 0 Å². The lowest BCUT2D eigenvalue weighted by molar-refractivity contribution is 0.768. The first kappa shape index (κ1) is 36.8. The molecule has 1 nitrogen and oxygen atoms in total. The van der Waals surface area contributed by atoms with E-state index in [-0.39, 0.29) is 5.92 Å². The van der Waals surface area contributed by atoms with Gasteiger partial charge in [-0.2, -0.15) is 0 Å². The molecule has 10 aromatic carbocycles. The summed E-state index contributed by atoms with van der Waals surface area (Å²) in [5, 5.41) is 0. The highest BCUT2D eigenvalue weighted by Crippen LogP contribution is 2.57. The minimum absolute atomic E-state index is 0.139. The number of rotatable bonds is 8. The Morgan fingerprint density at radius 2 is 0.714 bits per heavy atom. The second kappa shape index (κ2) is 15.2. The summed E-state index contributed by atoms with van der Waals surface area (Å²) in [4.78, 5) is 2.45. The van der Waals surface area contributed by atoms with E-state index in [1.165, 1.54) is 83.5 Å². The SMILES string of the molecule is c1ccc(-c2ccc(-c3ccc(N(c4cccc(C5c6ccccc6-c6ccccc65)c4)c4cccc(C5(c6ccccc6)c6ccccc6-c6ccccc65)c4)cc3)cc2)cc1. The van der Waals surface area contributed by atoms with E-state index in [4.69, 9.17) is 0 Å². The number of benzene rings is 10. The van der Waals surface area contributed by atoms with Gasteiger partial charge in [-0.1, -0.05) is 218 Å². The Morgan fingerprint density at radius 1 is 0.286 bits per heavy atom. The van der Waals surface area contributed by atoms with Crippen molar-refractivity contribution in [2.75, 3.05) is 4.90 Å². The van der Waals surface area contributed by atoms with Gasteiger partial charge >= 0.3 is 0 Å². The third-order valence-corrected chi connectivity index (χ3v) is 13.4. The summed E-state index contributed by atoms with van der Waals surface area (Å²) < 4.78 is 0. The van der Waals surface area contributed by atoms with Gasteiger partial charge in [0.1, 0.15) is 0 Å². The molecule has 2 aliphatic rings. The van der Waals surface area contributed by atoms with Crippen molar-refractivity contribution in [1.82, 2.24) is 0 Å². The molecular weight excluding hydrogens is 759 g/mol. The van der Waals surface area contributed by atoms with Crippen molar-refractivity contribution in [3.05, 3.63) is 294 Å². The van der Waals surface area contributed by atoms with Gasteiger partial charge in [-0.25, -0.2) is 0 Å². The van der Waals surface area contributed by atoms with Gasteiger partial charge < -0.3 is 4.90 Å². The van der Waals surface area contributed by atoms with Crippen LogP contribution in [0.3, 0.4) is 0 Å². The third-order valence-electron chi connectivity index (χ3n) is 13.4. The quantitative estimate of drug-likeness (QED) is 0.148. The Hall–Kier alpha value is -8.00. The maximum Gasteiger partial charge on any atom is 0.0714 e. The molecule has 0 saturated carbocycles. The maximum atomic E-state index is 2.45. The normalized spacial score (nSPS) is 13.1. The van der Waals surface area contributed by atoms with Crippen LogP contribution in [0.2, 0.25) is 0 Å². The zero-order valence-electron chi connectivity index (χ0n) is 34.8. The van der Waals surface area contributed by atoms with Crippen LogP contribution < -0.4 is 4.90 Å². The van der Waals surface area contributed by atoms with Crippen LogP contribution in [0, 0.1) is 0 Å². The molecule has 0 unspecified atom stereocenters. The summed E-state index contributed by atoms with van der Waals surface area (Å²) in [7, 11) is 0. The third kappa shape index (κ3) is 6.00. The van der Waals surface area contributed by atoms with E-state index >= 15 is 0 Å². The van der Waals surface area contributed by atoms with Gasteiger partial charge in [0.2, 0.25) is 0 Å². The predicted molar refractivity (Wildman–Crippen MR) is 262 cm³/mol. The van der Waals surface area contributed by atoms with Crippen LogP contribution >= 0.6 is 0 Å². The summed E-state index contributed by atoms with van der Waals surface area (Å²) in [5.41, 5.74) is 22.0. The van der Waals surface area contributed by atoms with Gasteiger partial charge in [0.05, 0.1) is 5.41 Å². The number of hydrogen-bond donors (Lipinski definition) is 0. The summed E-state index contributed by atoms with van der Waals surface area (Å²) in [6.45, 7) is 0. The minimum atomic E-state index is -0.509. The number of hydrogen-bond acceptors (Lipinski definition) is 1. The first-order valence-corrected chi connectivity index (χ1v) is 22.0. The molecule has 2 aliphatic carbocycles. The summed E-state index contributed by atoms with van der Waals surface area (Å²) in [5.74, 6) is 0.139. The van der Waals surface area contributed by atoms with Gasteiger partial charge in [0.15, 0.2) is 0 Å². The van der Waals surface area contributed by atoms with E-state index in [0.717, 1.165) is 17.1 Å². The highest BCUT2D eigenvalue weighted by atomic mass is 15.1. The van der Waals surface area contributed by atoms with Crippen molar-refractivity contribution in [3.8, 4) is 44.5 Å². The summed E-state index contributed by atoms with van der Waals surface area (Å²) in [6.07, 6.45) is 0. The fraction of sp³-hybridized carbons (Fsp3) is 0.0323. The molecule has 0 radical (unpaired) electrons. The molecule has 0 fully saturated rings. The molecule has 0 atom stereocenters. The molecule has 63 heavy (non-hydrogen) atoms. The molecule has 0 aromatic heterocycles. The Balaban J connectivity index is 1.02. The fourth-order valence-electron chi connectivity index (χ4n) is 10.7. The van der Waals surface area contributed by atoms with Crippen LogP contribution in [0.4, 0.5) is 17.1 Å². The van der Waals surface area contributed by atoms with Crippen LogP contribution in [0.15, 0.2) is 255 Å². The topological polar surface area (TPSA) is 3.24 Å². The Bertz CT molecular complexity index is 3180. The molecule has 12 rings (SSSR count). The molecule has 10 aromatic rings. The highest BCUT2D eigenvalue weighted by molar-refractivity contribution is 5.88. The molecule has 296 valence electrons. The lowest BCUT2D eigenvalue weighted by Gasteiger charge is -2.35. The fourth-order valence-corrected chi connectivity index (χ4v) is 10.7. The molecule has 0 amide bonds. The standard InChI is InChI=1S/C62H43N/c1-3-17-43(18-4-1)44-33-35-45(36-34-44)46-37-39-50(40-38-46)63(51-23-15-19-47(41-51)61-57-29-9-7-25-53(57)54-26-8-10-30-58(54)61)52-24-16-22-49(42-52)62(48-20-5-2-6-21-48)59-31-13-11-27-55(59)56-28-12-14-32-60(56)62/h1-42,61H. The van der Waals surface area contributed by atoms with Crippen LogP contribution in [-0.4, -0.2) is 0 Å². The van der Waals surface area contributed by atoms with Crippen LogP contribution in [-0.2, 0) is 5.41 Å². The van der Waals surface area contributed by atoms with E-state index in [1.807, 2.05) is 0 Å². The average molecular weight is 802 g/mol. The van der Waals surface area contributed by atoms with E-state index < -0.39 is 5.41 Å². The first-order valence-electron chi connectivity index (χ1n) is 22.0. The summed E-state index contributed by atoms with van der Waals surface area (Å²) >= 11 is 0. The first-order chi connectivity index (χ1) is 31.3. The molecular formula is C62H43N. The smallest absolute Gasteiger partial charge is 0.0714 e. The Labute approximate surface area is 369 Å². The minimum Gasteiger partial charge on any atom is -0.310 e. The van der Waals surface area contributed by atoms with Gasteiger partial charge in [-0.3, -0.25) is 0 Å². The molecule has 0 saturated heterocycles. The number of fused-ring (bicyclic) bond motifs is 6. The van der Waals surface area contributed by atoms with E-state index in [9.17, 15) is 0 Å². The molecule has 1 heteroatoms. The van der Waals surface area contributed by atoms with Gasteiger partial charge in [-0.15, -0.1) is 0 Å². The lowest BCUT2D eigenvalue weighted by Crippen LogP contribution is -2.28. The predicted octanol–water partition coefficient (Wildman–Crippen LogP) is 16.0. The number of nitrogens with zero attached hydrogens (tertiary/aromatic N) is 1. The van der Waals surface area contributed by atoms with Crippen molar-refractivity contribution >= 4 is 17.1 Å². The van der Waals surface area contributed by atoms with Gasteiger partial charge in [-0.05, 0) is 120 Å². The van der Waals surface area contributed by atoms with E-state index in [0.29, 0.717) is 0 Å².